The molecule has 1 aromatic heterocycles. The Hall–Kier alpha value is -0.710. The van der Waals surface area contributed by atoms with Crippen molar-refractivity contribution in [2.45, 2.75) is 6.04 Å². The third-order valence-electron chi connectivity index (χ3n) is 2.40. The molecule has 0 saturated heterocycles. The largest absolute Gasteiger partial charge is 0.453 e. The van der Waals surface area contributed by atoms with Gasteiger partial charge in [-0.05, 0) is 35.4 Å². The van der Waals surface area contributed by atoms with E-state index in [2.05, 4.69) is 5.43 Å². The highest BCUT2D eigenvalue weighted by atomic mass is 35.5. The van der Waals surface area contributed by atoms with Gasteiger partial charge in [0.25, 0.3) is 0 Å². The molecule has 0 aliphatic rings. The fourth-order valence-electron chi connectivity index (χ4n) is 1.57. The number of halogens is 3. The van der Waals surface area contributed by atoms with E-state index in [-0.39, 0.29) is 6.04 Å². The summed E-state index contributed by atoms with van der Waals surface area (Å²) in [6, 6.07) is 6.71. The van der Waals surface area contributed by atoms with Gasteiger partial charge in [0.1, 0.15) is 0 Å². The van der Waals surface area contributed by atoms with Crippen LogP contribution in [-0.4, -0.2) is 0 Å². The first-order valence-corrected chi connectivity index (χ1v) is 5.91. The van der Waals surface area contributed by atoms with Crippen molar-refractivity contribution in [2.24, 2.45) is 5.84 Å². The predicted octanol–water partition coefficient (Wildman–Crippen LogP) is 3.79. The summed E-state index contributed by atoms with van der Waals surface area (Å²) < 4.78 is 5.03. The zero-order chi connectivity index (χ0) is 12.4. The van der Waals surface area contributed by atoms with E-state index in [1.807, 2.05) is 6.07 Å². The quantitative estimate of drug-likeness (QED) is 0.668. The molecular weight excluding hydrogens is 282 g/mol. The molecule has 90 valence electrons. The van der Waals surface area contributed by atoms with Crippen LogP contribution in [0.3, 0.4) is 0 Å². The maximum absolute atomic E-state index is 5.96. The molecule has 6 heteroatoms. The summed E-state index contributed by atoms with van der Waals surface area (Å²) >= 11 is 17.7. The molecule has 2 aromatic rings. The third-order valence-corrected chi connectivity index (χ3v) is 3.45. The predicted molar refractivity (Wildman–Crippen MR) is 69.3 cm³/mol. The van der Waals surface area contributed by atoms with Gasteiger partial charge < -0.3 is 4.42 Å². The molecule has 0 amide bonds. The van der Waals surface area contributed by atoms with Crippen LogP contribution in [-0.2, 0) is 0 Å². The van der Waals surface area contributed by atoms with Gasteiger partial charge in [-0.25, -0.2) is 5.43 Å². The first-order chi connectivity index (χ1) is 8.13. The smallest absolute Gasteiger partial charge is 0.198 e. The van der Waals surface area contributed by atoms with Crippen molar-refractivity contribution in [1.29, 1.82) is 0 Å². The third kappa shape index (κ3) is 2.59. The minimum absolute atomic E-state index is 0.291. The summed E-state index contributed by atoms with van der Waals surface area (Å²) in [4.78, 5) is 0. The number of hydrazine groups is 1. The van der Waals surface area contributed by atoms with Gasteiger partial charge in [0.15, 0.2) is 5.22 Å². The molecular formula is C11H9Cl3N2O. The van der Waals surface area contributed by atoms with Crippen LogP contribution in [0, 0.1) is 0 Å². The molecule has 3 N–H and O–H groups in total. The fraction of sp³-hybridized carbons (Fsp3) is 0.0909. The molecule has 2 rings (SSSR count). The standard InChI is InChI=1S/C11H9Cl3N2O/c12-8-2-1-6(5-9(8)13)10(16-15)7-3-4-17-11(7)14/h1-5,10,16H,15H2. The highest BCUT2D eigenvalue weighted by Gasteiger charge is 2.18. The Bertz CT molecular complexity index is 527. The molecule has 3 nitrogen and oxygen atoms in total. The lowest BCUT2D eigenvalue weighted by Gasteiger charge is -2.15. The number of rotatable bonds is 3. The SMILES string of the molecule is NNC(c1ccc(Cl)c(Cl)c1)c1ccoc1Cl. The molecule has 0 spiro atoms. The second-order valence-electron chi connectivity index (χ2n) is 3.42. The maximum atomic E-state index is 5.96. The fourth-order valence-corrected chi connectivity index (χ4v) is 2.10. The van der Waals surface area contributed by atoms with Crippen LogP contribution in [0.25, 0.3) is 0 Å². The number of hydrogen-bond acceptors (Lipinski definition) is 3. The van der Waals surface area contributed by atoms with Crippen molar-refractivity contribution < 1.29 is 4.42 Å². The van der Waals surface area contributed by atoms with Gasteiger partial charge in [0.2, 0.25) is 0 Å². The number of nitrogens with two attached hydrogens (primary N) is 1. The lowest BCUT2D eigenvalue weighted by molar-refractivity contribution is 0.555. The molecule has 17 heavy (non-hydrogen) atoms. The lowest BCUT2D eigenvalue weighted by Crippen LogP contribution is -2.28. The van der Waals surface area contributed by atoms with Crippen molar-refractivity contribution in [1.82, 2.24) is 5.43 Å². The van der Waals surface area contributed by atoms with E-state index < -0.39 is 0 Å². The lowest BCUT2D eigenvalue weighted by atomic mass is 10.0. The highest BCUT2D eigenvalue weighted by molar-refractivity contribution is 6.42. The zero-order valence-corrected chi connectivity index (χ0v) is 10.9. The summed E-state index contributed by atoms with van der Waals surface area (Å²) in [7, 11) is 0. The minimum Gasteiger partial charge on any atom is -0.453 e. The Morgan fingerprint density at radius 2 is 1.88 bits per heavy atom. The van der Waals surface area contributed by atoms with Crippen LogP contribution >= 0.6 is 34.8 Å². The first kappa shape index (κ1) is 12.7. The average Bonchev–Trinajstić information content (AvgIpc) is 2.71. The Balaban J connectivity index is 2.42. The normalized spacial score (nSPS) is 12.7. The zero-order valence-electron chi connectivity index (χ0n) is 8.58. The van der Waals surface area contributed by atoms with Gasteiger partial charge in [0, 0.05) is 5.56 Å². The second-order valence-corrected chi connectivity index (χ2v) is 4.58. The molecule has 0 saturated carbocycles. The van der Waals surface area contributed by atoms with Gasteiger partial charge >= 0.3 is 0 Å². The van der Waals surface area contributed by atoms with E-state index in [0.717, 1.165) is 11.1 Å². The van der Waals surface area contributed by atoms with Crippen LogP contribution in [0.15, 0.2) is 34.9 Å². The van der Waals surface area contributed by atoms with Crippen LogP contribution in [0.5, 0.6) is 0 Å². The molecule has 0 fully saturated rings. The van der Waals surface area contributed by atoms with E-state index in [1.54, 1.807) is 18.2 Å². The average molecular weight is 292 g/mol. The van der Waals surface area contributed by atoms with Crippen LogP contribution in [0.2, 0.25) is 15.3 Å². The molecule has 0 radical (unpaired) electrons. The molecule has 1 unspecified atom stereocenters. The Morgan fingerprint density at radius 1 is 1.12 bits per heavy atom. The van der Waals surface area contributed by atoms with Crippen molar-refractivity contribution in [3.63, 3.8) is 0 Å². The molecule has 1 heterocycles. The summed E-state index contributed by atoms with van der Waals surface area (Å²) in [5.74, 6) is 5.53. The number of nitrogens with one attached hydrogen (secondary N) is 1. The summed E-state index contributed by atoms with van der Waals surface area (Å²) in [6.07, 6.45) is 1.50. The topological polar surface area (TPSA) is 51.2 Å². The van der Waals surface area contributed by atoms with Gasteiger partial charge in [-0.15, -0.1) is 0 Å². The summed E-state index contributed by atoms with van der Waals surface area (Å²) in [5.41, 5.74) is 4.26. The number of furan rings is 1. The first-order valence-electron chi connectivity index (χ1n) is 4.77. The maximum Gasteiger partial charge on any atom is 0.198 e. The Morgan fingerprint density at radius 3 is 2.41 bits per heavy atom. The van der Waals surface area contributed by atoms with Crippen LogP contribution in [0.4, 0.5) is 0 Å². The van der Waals surface area contributed by atoms with E-state index >= 15 is 0 Å². The van der Waals surface area contributed by atoms with E-state index in [0.29, 0.717) is 15.3 Å². The number of benzene rings is 1. The van der Waals surface area contributed by atoms with Crippen molar-refractivity contribution >= 4 is 34.8 Å². The van der Waals surface area contributed by atoms with Gasteiger partial charge in [-0.2, -0.15) is 0 Å². The van der Waals surface area contributed by atoms with Gasteiger partial charge in [0.05, 0.1) is 22.4 Å². The van der Waals surface area contributed by atoms with E-state index in [4.69, 9.17) is 45.1 Å². The van der Waals surface area contributed by atoms with Crippen LogP contribution < -0.4 is 11.3 Å². The monoisotopic (exact) mass is 290 g/mol. The number of hydrogen-bond donors (Lipinski definition) is 2. The molecule has 1 aromatic carbocycles. The van der Waals surface area contributed by atoms with Gasteiger partial charge in [-0.3, -0.25) is 5.84 Å². The minimum atomic E-state index is -0.295. The van der Waals surface area contributed by atoms with E-state index in [9.17, 15) is 0 Å². The Labute approximate surface area is 113 Å². The molecule has 0 bridgehead atoms. The van der Waals surface area contributed by atoms with Crippen molar-refractivity contribution in [2.75, 3.05) is 0 Å². The van der Waals surface area contributed by atoms with E-state index in [1.165, 1.54) is 6.26 Å². The highest BCUT2D eigenvalue weighted by Crippen LogP contribution is 2.32. The summed E-state index contributed by atoms with van der Waals surface area (Å²) in [5, 5.41) is 1.24. The molecule has 0 aliphatic heterocycles. The van der Waals surface area contributed by atoms with Gasteiger partial charge in [-0.1, -0.05) is 29.3 Å². The van der Waals surface area contributed by atoms with Crippen molar-refractivity contribution in [3.05, 3.63) is 56.9 Å². The second kappa shape index (κ2) is 5.29. The molecule has 0 aliphatic carbocycles. The molecule has 1 atom stereocenters. The Kier molecular flexibility index (Phi) is 3.97. The summed E-state index contributed by atoms with van der Waals surface area (Å²) in [6.45, 7) is 0. The van der Waals surface area contributed by atoms with Crippen LogP contribution in [0.1, 0.15) is 17.2 Å². The van der Waals surface area contributed by atoms with Crippen molar-refractivity contribution in [3.8, 4) is 0 Å².